The third-order valence-corrected chi connectivity index (χ3v) is 8.15. The Hall–Kier alpha value is -3.32. The van der Waals surface area contributed by atoms with E-state index in [4.69, 9.17) is 23.7 Å². The summed E-state index contributed by atoms with van der Waals surface area (Å²) < 4.78 is 31.7. The maximum Gasteiger partial charge on any atom is 0.338 e. The number of halogens is 1. The number of aromatic nitrogens is 1. The largest absolute Gasteiger partial charge is 0.493 e. The van der Waals surface area contributed by atoms with E-state index in [1.165, 1.54) is 11.3 Å². The molecule has 0 bridgehead atoms. The van der Waals surface area contributed by atoms with Crippen LogP contribution in [0.25, 0.3) is 6.08 Å². The first-order valence-electron chi connectivity index (χ1n) is 14.2. The van der Waals surface area contributed by atoms with Crippen molar-refractivity contribution in [2.24, 2.45) is 4.99 Å². The van der Waals surface area contributed by atoms with E-state index in [0.29, 0.717) is 55.8 Å². The van der Waals surface area contributed by atoms with Gasteiger partial charge in [-0.15, -0.1) is 0 Å². The monoisotopic (exact) mass is 720 g/mol. The quantitative estimate of drug-likeness (QED) is 0.194. The second kappa shape index (κ2) is 14.0. The number of nitrogens with zero attached hydrogens (tertiary/aromatic N) is 2. The number of benzene rings is 2. The van der Waals surface area contributed by atoms with Crippen LogP contribution in [-0.4, -0.2) is 43.1 Å². The maximum atomic E-state index is 14.1. The van der Waals surface area contributed by atoms with Gasteiger partial charge in [-0.25, -0.2) is 9.79 Å². The molecule has 0 amide bonds. The lowest BCUT2D eigenvalue weighted by Crippen LogP contribution is -2.40. The molecule has 4 rings (SSSR count). The predicted molar refractivity (Wildman–Crippen MR) is 175 cm³/mol. The molecule has 0 N–H and O–H groups in total. The molecule has 9 nitrogen and oxygen atoms in total. The highest BCUT2D eigenvalue weighted by molar-refractivity contribution is 14.1. The number of ether oxygens (including phenoxy) is 5. The third kappa shape index (κ3) is 7.09. The molecule has 3 aromatic rings. The number of fused-ring (bicyclic) bond motifs is 1. The summed E-state index contributed by atoms with van der Waals surface area (Å²) in [7, 11) is 1.56. The Morgan fingerprint density at radius 3 is 2.40 bits per heavy atom. The fourth-order valence-corrected chi connectivity index (χ4v) is 6.55. The fraction of sp³-hybridized carbons (Fsp3) is 0.406. The molecule has 0 fully saturated rings. The van der Waals surface area contributed by atoms with Crippen molar-refractivity contribution in [2.45, 2.75) is 66.7 Å². The Balaban J connectivity index is 1.92. The number of hydrogen-bond donors (Lipinski definition) is 0. The lowest BCUT2D eigenvalue weighted by molar-refractivity contribution is -0.139. The minimum Gasteiger partial charge on any atom is -0.493 e. The van der Waals surface area contributed by atoms with Gasteiger partial charge in [0.2, 0.25) is 0 Å². The van der Waals surface area contributed by atoms with Crippen molar-refractivity contribution in [1.29, 1.82) is 0 Å². The van der Waals surface area contributed by atoms with E-state index in [2.05, 4.69) is 27.6 Å². The van der Waals surface area contributed by atoms with E-state index in [0.717, 1.165) is 9.13 Å². The minimum atomic E-state index is -0.777. The van der Waals surface area contributed by atoms with Crippen LogP contribution < -0.4 is 33.8 Å². The Morgan fingerprint density at radius 1 is 1.05 bits per heavy atom. The molecule has 1 aliphatic heterocycles. The van der Waals surface area contributed by atoms with Crippen LogP contribution in [0.2, 0.25) is 0 Å². The zero-order valence-corrected chi connectivity index (χ0v) is 28.6. The molecule has 1 aromatic heterocycles. The third-order valence-electron chi connectivity index (χ3n) is 6.37. The van der Waals surface area contributed by atoms with Crippen LogP contribution in [0.3, 0.4) is 0 Å². The zero-order chi connectivity index (χ0) is 31.4. The molecule has 2 heterocycles. The van der Waals surface area contributed by atoms with Crippen LogP contribution in [-0.2, 0) is 9.53 Å². The molecule has 1 aliphatic rings. The summed E-state index contributed by atoms with van der Waals surface area (Å²) in [6.07, 6.45) is 1.73. The highest BCUT2D eigenvalue weighted by atomic mass is 127. The average molecular weight is 721 g/mol. The molecule has 11 heteroatoms. The Morgan fingerprint density at radius 2 is 1.77 bits per heavy atom. The highest BCUT2D eigenvalue weighted by Gasteiger charge is 2.34. The fourth-order valence-electron chi connectivity index (χ4n) is 4.75. The summed E-state index contributed by atoms with van der Waals surface area (Å²) in [6, 6.07) is 8.46. The smallest absolute Gasteiger partial charge is 0.338 e. The summed E-state index contributed by atoms with van der Waals surface area (Å²) >= 11 is 3.48. The summed E-state index contributed by atoms with van der Waals surface area (Å²) in [5.74, 6) is 1.81. The number of thiazole rings is 1. The van der Waals surface area contributed by atoms with Gasteiger partial charge in [0.1, 0.15) is 0 Å². The van der Waals surface area contributed by atoms with Gasteiger partial charge in [-0.3, -0.25) is 9.36 Å². The lowest BCUT2D eigenvalue weighted by Gasteiger charge is -2.25. The van der Waals surface area contributed by atoms with E-state index >= 15 is 0 Å². The van der Waals surface area contributed by atoms with Gasteiger partial charge in [-0.2, -0.15) is 0 Å². The Bertz CT molecular complexity index is 1720. The summed E-state index contributed by atoms with van der Waals surface area (Å²) in [5, 5.41) is 0. The van der Waals surface area contributed by atoms with Crippen LogP contribution in [0.15, 0.2) is 51.4 Å². The van der Waals surface area contributed by atoms with Gasteiger partial charge in [0.05, 0.1) is 57.9 Å². The minimum absolute atomic E-state index is 0.0243. The molecule has 2 aromatic carbocycles. The van der Waals surface area contributed by atoms with Crippen molar-refractivity contribution < 1.29 is 28.5 Å². The van der Waals surface area contributed by atoms with Crippen molar-refractivity contribution in [3.63, 3.8) is 0 Å². The van der Waals surface area contributed by atoms with E-state index in [9.17, 15) is 9.59 Å². The van der Waals surface area contributed by atoms with Crippen LogP contribution in [0, 0.1) is 3.57 Å². The first-order chi connectivity index (χ1) is 20.5. The maximum absolute atomic E-state index is 14.1. The number of allylic oxidation sites excluding steroid dienone is 1. The Kier molecular flexibility index (Phi) is 10.6. The van der Waals surface area contributed by atoms with Gasteiger partial charge < -0.3 is 23.7 Å². The van der Waals surface area contributed by atoms with Crippen molar-refractivity contribution in [1.82, 2.24) is 4.57 Å². The van der Waals surface area contributed by atoms with Gasteiger partial charge in [0, 0.05) is 0 Å². The molecule has 43 heavy (non-hydrogen) atoms. The molecule has 0 aliphatic carbocycles. The summed E-state index contributed by atoms with van der Waals surface area (Å²) in [4.78, 5) is 32.5. The number of rotatable bonds is 11. The van der Waals surface area contributed by atoms with Crippen molar-refractivity contribution in [2.75, 3.05) is 20.3 Å². The molecule has 0 saturated carbocycles. The number of carbonyl (C=O) groups is 1. The Labute approximate surface area is 268 Å². The molecular formula is C32H37IN2O7S. The first-order valence-corrected chi connectivity index (χ1v) is 16.1. The highest BCUT2D eigenvalue weighted by Crippen LogP contribution is 2.37. The summed E-state index contributed by atoms with van der Waals surface area (Å²) in [5.41, 5.74) is 1.95. The number of methoxy groups -OCH3 is 1. The molecule has 0 radical (unpaired) electrons. The first kappa shape index (κ1) is 32.6. The second-order valence-electron chi connectivity index (χ2n) is 10.3. The molecular weight excluding hydrogens is 683 g/mol. The van der Waals surface area contributed by atoms with Crippen molar-refractivity contribution >= 4 is 46.0 Å². The zero-order valence-electron chi connectivity index (χ0n) is 25.6. The SMILES string of the molecule is CCOC(=O)C1=C(C)N=c2s/c(=C/c3cc(I)c(OC(C)C)c(OCC)c3)c(=O)n2[C@H]1c1ccc(OC(C)C)c(OC)c1. The molecule has 0 spiro atoms. The van der Waals surface area contributed by atoms with Crippen LogP contribution in [0.1, 0.15) is 65.6 Å². The van der Waals surface area contributed by atoms with Crippen molar-refractivity contribution in [3.05, 3.63) is 76.0 Å². The van der Waals surface area contributed by atoms with Gasteiger partial charge in [-0.1, -0.05) is 17.4 Å². The van der Waals surface area contributed by atoms with Gasteiger partial charge in [-0.05, 0) is 113 Å². The topological polar surface area (TPSA) is 97.6 Å². The number of esters is 1. The normalized spacial score (nSPS) is 15.0. The molecule has 1 atom stereocenters. The van der Waals surface area contributed by atoms with Gasteiger partial charge >= 0.3 is 5.97 Å². The lowest BCUT2D eigenvalue weighted by atomic mass is 9.95. The number of carbonyl (C=O) groups excluding carboxylic acids is 1. The van der Waals surface area contributed by atoms with E-state index in [1.54, 1.807) is 37.7 Å². The van der Waals surface area contributed by atoms with E-state index < -0.39 is 12.0 Å². The van der Waals surface area contributed by atoms with Gasteiger partial charge in [0.25, 0.3) is 5.56 Å². The molecule has 230 valence electrons. The van der Waals surface area contributed by atoms with Crippen LogP contribution in [0.5, 0.6) is 23.0 Å². The molecule has 0 unspecified atom stereocenters. The summed E-state index contributed by atoms with van der Waals surface area (Å²) in [6.45, 7) is 13.9. The predicted octanol–water partition coefficient (Wildman–Crippen LogP) is 5.38. The standard InChI is InChI=1S/C32H37IN2O7S/c1-9-39-25-14-20(13-22(33)29(25)42-18(5)6)15-26-30(36)35-28(21-11-12-23(41-17(3)4)24(16-21)38-8)27(31(37)40-10-2)19(7)34-32(35)43-26/h11-18,28H,9-10H2,1-8H3/b26-15+/t28-/m0/s1. The van der Waals surface area contributed by atoms with E-state index in [-0.39, 0.29) is 24.4 Å². The van der Waals surface area contributed by atoms with Crippen LogP contribution in [0.4, 0.5) is 0 Å². The average Bonchev–Trinajstić information content (AvgIpc) is 3.23. The number of hydrogen-bond acceptors (Lipinski definition) is 9. The second-order valence-corrected chi connectivity index (χ2v) is 12.5. The van der Waals surface area contributed by atoms with Gasteiger partial charge in [0.15, 0.2) is 27.8 Å². The van der Waals surface area contributed by atoms with Crippen molar-refractivity contribution in [3.8, 4) is 23.0 Å². The van der Waals surface area contributed by atoms with E-state index in [1.807, 2.05) is 58.9 Å². The van der Waals surface area contributed by atoms with Crippen LogP contribution >= 0.6 is 33.9 Å². The molecule has 0 saturated heterocycles.